The summed E-state index contributed by atoms with van der Waals surface area (Å²) in [5, 5.41) is 2.52. The number of carbonyl (C=O) groups excluding carboxylic acids is 3. The minimum Gasteiger partial charge on any atom is -0.289 e. The standard InChI is InChI=1S/C8H12N2O3/c1-6(11)8(13)10-5-3-4-9(10)7(2)12/h3-5H2,1-2H3. The topological polar surface area (TPSA) is 57.7 Å². The summed E-state index contributed by atoms with van der Waals surface area (Å²) in [5.41, 5.74) is 0. The number of ketones is 1. The molecule has 0 aromatic carbocycles. The van der Waals surface area contributed by atoms with Gasteiger partial charge in [-0.1, -0.05) is 0 Å². The lowest BCUT2D eigenvalue weighted by molar-refractivity contribution is -0.160. The highest BCUT2D eigenvalue weighted by Crippen LogP contribution is 2.10. The first-order chi connectivity index (χ1) is 6.04. The van der Waals surface area contributed by atoms with Gasteiger partial charge in [0.1, 0.15) is 0 Å². The maximum Gasteiger partial charge on any atom is 0.308 e. The third-order valence-electron chi connectivity index (χ3n) is 1.93. The first-order valence-electron chi connectivity index (χ1n) is 4.14. The minimum atomic E-state index is -0.604. The van der Waals surface area contributed by atoms with E-state index in [1.807, 2.05) is 0 Å². The molecule has 0 N–H and O–H groups in total. The second-order valence-electron chi connectivity index (χ2n) is 2.98. The van der Waals surface area contributed by atoms with E-state index in [0.717, 1.165) is 6.42 Å². The average Bonchev–Trinajstić information content (AvgIpc) is 2.50. The number of hydrazine groups is 1. The average molecular weight is 184 g/mol. The Morgan fingerprint density at radius 2 is 1.54 bits per heavy atom. The van der Waals surface area contributed by atoms with Crippen LogP contribution < -0.4 is 0 Å². The van der Waals surface area contributed by atoms with Crippen molar-refractivity contribution in [2.75, 3.05) is 13.1 Å². The molecule has 1 aliphatic rings. The fourth-order valence-electron chi connectivity index (χ4n) is 1.33. The van der Waals surface area contributed by atoms with Crippen LogP contribution in [0.5, 0.6) is 0 Å². The molecule has 0 spiro atoms. The third kappa shape index (κ3) is 1.85. The zero-order valence-corrected chi connectivity index (χ0v) is 7.74. The lowest BCUT2D eigenvalue weighted by Gasteiger charge is -2.25. The van der Waals surface area contributed by atoms with E-state index in [2.05, 4.69) is 0 Å². The molecule has 0 saturated carbocycles. The Hall–Kier alpha value is -1.39. The van der Waals surface area contributed by atoms with Crippen LogP contribution in [0, 0.1) is 0 Å². The SMILES string of the molecule is CC(=O)C(=O)N1CCCN1C(C)=O. The predicted molar refractivity (Wildman–Crippen MR) is 44.4 cm³/mol. The molecule has 1 heterocycles. The van der Waals surface area contributed by atoms with Gasteiger partial charge in [-0.2, -0.15) is 0 Å². The first-order valence-corrected chi connectivity index (χ1v) is 4.14. The van der Waals surface area contributed by atoms with Gasteiger partial charge in [-0.25, -0.2) is 5.01 Å². The molecular weight excluding hydrogens is 172 g/mol. The molecule has 1 rings (SSSR count). The molecule has 1 fully saturated rings. The Kier molecular flexibility index (Phi) is 2.65. The van der Waals surface area contributed by atoms with Gasteiger partial charge < -0.3 is 0 Å². The Labute approximate surface area is 76.3 Å². The van der Waals surface area contributed by atoms with Gasteiger partial charge in [0.15, 0.2) is 0 Å². The monoisotopic (exact) mass is 184 g/mol. The zero-order chi connectivity index (χ0) is 10.0. The van der Waals surface area contributed by atoms with Gasteiger partial charge in [-0.3, -0.25) is 19.4 Å². The fraction of sp³-hybridized carbons (Fsp3) is 0.625. The van der Waals surface area contributed by atoms with E-state index < -0.39 is 11.7 Å². The van der Waals surface area contributed by atoms with E-state index in [0.29, 0.717) is 13.1 Å². The summed E-state index contributed by atoms with van der Waals surface area (Å²) >= 11 is 0. The van der Waals surface area contributed by atoms with Crippen molar-refractivity contribution >= 4 is 17.6 Å². The van der Waals surface area contributed by atoms with Gasteiger partial charge in [0, 0.05) is 26.9 Å². The van der Waals surface area contributed by atoms with Crippen LogP contribution in [0.1, 0.15) is 20.3 Å². The minimum absolute atomic E-state index is 0.202. The second kappa shape index (κ2) is 3.55. The largest absolute Gasteiger partial charge is 0.308 e. The Balaban J connectivity index is 2.74. The van der Waals surface area contributed by atoms with Crippen molar-refractivity contribution in [3.05, 3.63) is 0 Å². The predicted octanol–water partition coefficient (Wildman–Crippen LogP) is -0.429. The summed E-state index contributed by atoms with van der Waals surface area (Å²) in [6.45, 7) is 3.57. The molecule has 0 aromatic heterocycles. The molecular formula is C8H12N2O3. The van der Waals surface area contributed by atoms with Crippen LogP contribution in [0.2, 0.25) is 0 Å². The van der Waals surface area contributed by atoms with Gasteiger partial charge in [-0.05, 0) is 6.42 Å². The molecule has 5 nitrogen and oxygen atoms in total. The highest BCUT2D eigenvalue weighted by atomic mass is 16.2. The van der Waals surface area contributed by atoms with E-state index >= 15 is 0 Å². The molecule has 0 bridgehead atoms. The van der Waals surface area contributed by atoms with E-state index in [4.69, 9.17) is 0 Å². The molecule has 0 radical (unpaired) electrons. The van der Waals surface area contributed by atoms with Crippen LogP contribution in [0.15, 0.2) is 0 Å². The highest BCUT2D eigenvalue weighted by molar-refractivity contribution is 6.35. The van der Waals surface area contributed by atoms with Gasteiger partial charge in [-0.15, -0.1) is 0 Å². The summed E-state index contributed by atoms with van der Waals surface area (Å²) < 4.78 is 0. The number of rotatable bonds is 1. The quantitative estimate of drug-likeness (QED) is 0.520. The normalized spacial score (nSPS) is 16.2. The third-order valence-corrected chi connectivity index (χ3v) is 1.93. The van der Waals surface area contributed by atoms with Gasteiger partial charge in [0.2, 0.25) is 11.7 Å². The molecule has 72 valence electrons. The molecule has 0 atom stereocenters. The highest BCUT2D eigenvalue weighted by Gasteiger charge is 2.30. The number of hydrogen-bond acceptors (Lipinski definition) is 3. The molecule has 1 saturated heterocycles. The number of Topliss-reactive ketones (excluding diaryl/α,β-unsaturated/α-hetero) is 1. The van der Waals surface area contributed by atoms with E-state index in [1.54, 1.807) is 0 Å². The number of hydrogen-bond donors (Lipinski definition) is 0. The van der Waals surface area contributed by atoms with Crippen molar-refractivity contribution in [3.63, 3.8) is 0 Å². The van der Waals surface area contributed by atoms with E-state index in [9.17, 15) is 14.4 Å². The summed E-state index contributed by atoms with van der Waals surface area (Å²) in [7, 11) is 0. The smallest absolute Gasteiger partial charge is 0.289 e. The van der Waals surface area contributed by atoms with Crippen molar-refractivity contribution in [3.8, 4) is 0 Å². The summed E-state index contributed by atoms with van der Waals surface area (Å²) in [4.78, 5) is 33.0. The summed E-state index contributed by atoms with van der Waals surface area (Å²) in [5.74, 6) is -1.34. The first kappa shape index (κ1) is 9.70. The summed E-state index contributed by atoms with van der Waals surface area (Å²) in [6, 6.07) is 0. The zero-order valence-electron chi connectivity index (χ0n) is 7.74. The second-order valence-corrected chi connectivity index (χ2v) is 2.98. The van der Waals surface area contributed by atoms with Crippen LogP contribution >= 0.6 is 0 Å². The molecule has 5 heteroatoms. The molecule has 0 aromatic rings. The van der Waals surface area contributed by atoms with Gasteiger partial charge >= 0.3 is 5.91 Å². The molecule has 0 unspecified atom stereocenters. The number of amides is 2. The van der Waals surface area contributed by atoms with Gasteiger partial charge in [0.25, 0.3) is 0 Å². The van der Waals surface area contributed by atoms with Crippen LogP contribution in [-0.2, 0) is 14.4 Å². The molecule has 1 aliphatic heterocycles. The van der Waals surface area contributed by atoms with Gasteiger partial charge in [0.05, 0.1) is 0 Å². The van der Waals surface area contributed by atoms with Crippen molar-refractivity contribution in [2.45, 2.75) is 20.3 Å². The van der Waals surface area contributed by atoms with Crippen LogP contribution in [0.3, 0.4) is 0 Å². The molecule has 2 amide bonds. The van der Waals surface area contributed by atoms with E-state index in [1.165, 1.54) is 23.9 Å². The van der Waals surface area contributed by atoms with Crippen LogP contribution in [0.25, 0.3) is 0 Å². The Morgan fingerprint density at radius 3 is 2.00 bits per heavy atom. The molecule has 13 heavy (non-hydrogen) atoms. The summed E-state index contributed by atoms with van der Waals surface area (Å²) in [6.07, 6.45) is 0.735. The van der Waals surface area contributed by atoms with Crippen molar-refractivity contribution in [1.29, 1.82) is 0 Å². The fourth-order valence-corrected chi connectivity index (χ4v) is 1.33. The lowest BCUT2D eigenvalue weighted by atomic mass is 10.4. The maximum absolute atomic E-state index is 11.2. The maximum atomic E-state index is 11.2. The van der Waals surface area contributed by atoms with Crippen molar-refractivity contribution in [1.82, 2.24) is 10.0 Å². The van der Waals surface area contributed by atoms with Crippen molar-refractivity contribution < 1.29 is 14.4 Å². The van der Waals surface area contributed by atoms with E-state index in [-0.39, 0.29) is 5.91 Å². The van der Waals surface area contributed by atoms with Crippen molar-refractivity contribution in [2.24, 2.45) is 0 Å². The van der Waals surface area contributed by atoms with Crippen LogP contribution in [-0.4, -0.2) is 40.7 Å². The number of carbonyl (C=O) groups is 3. The lowest BCUT2D eigenvalue weighted by Crippen LogP contribution is -2.46. The number of nitrogens with zero attached hydrogens (tertiary/aromatic N) is 2. The Morgan fingerprint density at radius 1 is 1.00 bits per heavy atom. The molecule has 0 aliphatic carbocycles. The Bertz CT molecular complexity index is 262. The van der Waals surface area contributed by atoms with Crippen LogP contribution in [0.4, 0.5) is 0 Å².